The summed E-state index contributed by atoms with van der Waals surface area (Å²) in [6.07, 6.45) is 2.90. The third kappa shape index (κ3) is 8.43. The Morgan fingerprint density at radius 1 is 1.22 bits per heavy atom. The Bertz CT molecular complexity index is 63.8. The first-order valence-corrected chi connectivity index (χ1v) is 10.9. The molecule has 9 heavy (non-hydrogen) atoms. The molecule has 0 nitrogen and oxygen atoms in total. The van der Waals surface area contributed by atoms with Crippen LogP contribution in [-0.4, -0.2) is 16.6 Å². The summed E-state index contributed by atoms with van der Waals surface area (Å²) < 4.78 is 0. The van der Waals surface area contributed by atoms with Crippen LogP contribution in [0.4, 0.5) is 0 Å². The molecular formula is C7H20Si2. The zero-order chi connectivity index (χ0) is 7.33. The Hall–Kier alpha value is 0.434. The Morgan fingerprint density at radius 3 is 2.11 bits per heavy atom. The second-order valence-corrected chi connectivity index (χ2v) is 18.2. The fourth-order valence-corrected chi connectivity index (χ4v) is 6.65. The van der Waals surface area contributed by atoms with E-state index in [1.165, 1.54) is 12.8 Å². The molecule has 0 aliphatic rings. The molecule has 0 saturated heterocycles. The van der Waals surface area contributed by atoms with E-state index >= 15 is 0 Å². The quantitative estimate of drug-likeness (QED) is 0.437. The van der Waals surface area contributed by atoms with Gasteiger partial charge in [0, 0.05) is 16.6 Å². The molecule has 2 heteroatoms. The highest BCUT2D eigenvalue weighted by Gasteiger charge is 2.11. The van der Waals surface area contributed by atoms with E-state index in [1.54, 1.807) is 6.04 Å². The second-order valence-electron chi connectivity index (χ2n) is 4.02. The number of hydrogen-bond acceptors (Lipinski definition) is 0. The Labute approximate surface area is 62.7 Å². The summed E-state index contributed by atoms with van der Waals surface area (Å²) >= 11 is 0. The van der Waals surface area contributed by atoms with Crippen LogP contribution in [-0.2, 0) is 0 Å². The maximum absolute atomic E-state index is 2.51. The zero-order valence-electron chi connectivity index (χ0n) is 7.33. The van der Waals surface area contributed by atoms with Gasteiger partial charge in [-0.25, -0.2) is 0 Å². The average Bonchev–Trinajstić information content (AvgIpc) is 1.63. The Morgan fingerprint density at radius 2 is 1.78 bits per heavy atom. The maximum Gasteiger partial charge on any atom is 0.0310 e. The first kappa shape index (κ1) is 9.43. The van der Waals surface area contributed by atoms with Gasteiger partial charge >= 0.3 is 0 Å². The van der Waals surface area contributed by atoms with Crippen molar-refractivity contribution in [3.63, 3.8) is 0 Å². The van der Waals surface area contributed by atoms with Crippen molar-refractivity contribution in [2.75, 3.05) is 0 Å². The fraction of sp³-hybridized carbons (Fsp3) is 1.00. The van der Waals surface area contributed by atoms with E-state index in [9.17, 15) is 0 Å². The highest BCUT2D eigenvalue weighted by atomic mass is 29.2. The summed E-state index contributed by atoms with van der Waals surface area (Å²) in [5.74, 6) is 0. The van der Waals surface area contributed by atoms with Crippen molar-refractivity contribution in [1.29, 1.82) is 0 Å². The van der Waals surface area contributed by atoms with Crippen molar-refractivity contribution < 1.29 is 0 Å². The van der Waals surface area contributed by atoms with E-state index in [1.807, 2.05) is 0 Å². The average molecular weight is 160 g/mol. The van der Waals surface area contributed by atoms with Crippen molar-refractivity contribution >= 4 is 16.6 Å². The summed E-state index contributed by atoms with van der Waals surface area (Å²) in [6, 6.07) is 1.60. The smallest absolute Gasteiger partial charge is 0.0310 e. The van der Waals surface area contributed by atoms with Gasteiger partial charge in [0.15, 0.2) is 0 Å². The molecule has 0 fully saturated rings. The molecule has 0 atom stereocenters. The molecule has 0 bridgehead atoms. The van der Waals surface area contributed by atoms with Gasteiger partial charge in [0.25, 0.3) is 0 Å². The highest BCUT2D eigenvalue weighted by Crippen LogP contribution is 2.03. The van der Waals surface area contributed by atoms with E-state index in [0.29, 0.717) is 9.04 Å². The summed E-state index contributed by atoms with van der Waals surface area (Å²) in [7, 11) is -0.178. The molecule has 0 N–H and O–H groups in total. The van der Waals surface area contributed by atoms with Crippen LogP contribution in [0, 0.1) is 0 Å². The standard InChI is InChI=1S/C7H20Si2/c1-5-6-7-8-9(2,3)4/h5-8H2,1-4H3. The SMILES string of the molecule is CCCC[SiH2][Si](C)(C)C. The predicted octanol–water partition coefficient (Wildman–Crippen LogP) is 2.21. The number of rotatable bonds is 4. The third-order valence-corrected chi connectivity index (χ3v) is 9.44. The topological polar surface area (TPSA) is 0 Å². The van der Waals surface area contributed by atoms with Gasteiger partial charge in [-0.2, -0.15) is 0 Å². The maximum atomic E-state index is 2.51. The Balaban J connectivity index is 3.07. The van der Waals surface area contributed by atoms with Crippen molar-refractivity contribution in [2.24, 2.45) is 0 Å². The van der Waals surface area contributed by atoms with Crippen LogP contribution in [0.1, 0.15) is 19.8 Å². The minimum Gasteiger partial charge on any atom is -0.0720 e. The van der Waals surface area contributed by atoms with Gasteiger partial charge in [0.2, 0.25) is 0 Å². The van der Waals surface area contributed by atoms with E-state index in [2.05, 4.69) is 26.6 Å². The lowest BCUT2D eigenvalue weighted by molar-refractivity contribution is 0.882. The Kier molecular flexibility index (Phi) is 4.49. The molecule has 0 aromatic heterocycles. The molecule has 0 unspecified atom stereocenters. The van der Waals surface area contributed by atoms with Crippen molar-refractivity contribution in [3.05, 3.63) is 0 Å². The molecule has 0 aliphatic carbocycles. The summed E-state index contributed by atoms with van der Waals surface area (Å²) in [5, 5.41) is 0. The van der Waals surface area contributed by atoms with Gasteiger partial charge < -0.3 is 0 Å². The van der Waals surface area contributed by atoms with E-state index in [-0.39, 0.29) is 0 Å². The molecular weight excluding hydrogens is 140 g/mol. The first-order chi connectivity index (χ1) is 4.06. The second kappa shape index (κ2) is 4.28. The predicted molar refractivity (Wildman–Crippen MR) is 51.6 cm³/mol. The van der Waals surface area contributed by atoms with Crippen LogP contribution in [0.2, 0.25) is 25.7 Å². The molecule has 0 rings (SSSR count). The van der Waals surface area contributed by atoms with Gasteiger partial charge in [0.05, 0.1) is 0 Å². The summed E-state index contributed by atoms with van der Waals surface area (Å²) in [6.45, 7) is 9.82. The molecule has 0 aromatic carbocycles. The van der Waals surface area contributed by atoms with Crippen LogP contribution < -0.4 is 0 Å². The summed E-state index contributed by atoms with van der Waals surface area (Å²) in [5.41, 5.74) is 0. The minimum absolute atomic E-state index is 0.378. The van der Waals surface area contributed by atoms with Crippen LogP contribution in [0.25, 0.3) is 0 Å². The molecule has 0 amide bonds. The third-order valence-electron chi connectivity index (χ3n) is 1.53. The summed E-state index contributed by atoms with van der Waals surface area (Å²) in [4.78, 5) is 0. The van der Waals surface area contributed by atoms with E-state index in [4.69, 9.17) is 0 Å². The van der Waals surface area contributed by atoms with Gasteiger partial charge in [0.1, 0.15) is 0 Å². The number of hydrogen-bond donors (Lipinski definition) is 0. The molecule has 0 spiro atoms. The lowest BCUT2D eigenvalue weighted by Gasteiger charge is -2.13. The van der Waals surface area contributed by atoms with Crippen LogP contribution >= 0.6 is 0 Å². The van der Waals surface area contributed by atoms with Crippen LogP contribution in [0.15, 0.2) is 0 Å². The first-order valence-electron chi connectivity index (χ1n) is 4.06. The van der Waals surface area contributed by atoms with Gasteiger partial charge in [-0.1, -0.05) is 45.5 Å². The van der Waals surface area contributed by atoms with Crippen molar-refractivity contribution in [2.45, 2.75) is 45.5 Å². The van der Waals surface area contributed by atoms with Gasteiger partial charge in [-0.05, 0) is 0 Å². The van der Waals surface area contributed by atoms with Gasteiger partial charge in [-0.3, -0.25) is 0 Å². The van der Waals surface area contributed by atoms with Crippen LogP contribution in [0.5, 0.6) is 0 Å². The molecule has 0 saturated carbocycles. The van der Waals surface area contributed by atoms with E-state index < -0.39 is 7.59 Å². The molecule has 0 aromatic rings. The van der Waals surface area contributed by atoms with Crippen molar-refractivity contribution in [3.8, 4) is 0 Å². The molecule has 56 valence electrons. The van der Waals surface area contributed by atoms with Crippen LogP contribution in [0.3, 0.4) is 0 Å². The lowest BCUT2D eigenvalue weighted by Crippen LogP contribution is -2.29. The fourth-order valence-electron chi connectivity index (χ4n) is 0.905. The number of unbranched alkanes of at least 4 members (excludes halogenated alkanes) is 1. The zero-order valence-corrected chi connectivity index (χ0v) is 9.74. The largest absolute Gasteiger partial charge is 0.0720 e. The van der Waals surface area contributed by atoms with Crippen molar-refractivity contribution in [1.82, 2.24) is 0 Å². The highest BCUT2D eigenvalue weighted by molar-refractivity contribution is 7.23. The lowest BCUT2D eigenvalue weighted by atomic mass is 10.4. The van der Waals surface area contributed by atoms with Gasteiger partial charge in [-0.15, -0.1) is 0 Å². The minimum atomic E-state index is -0.556. The normalized spacial score (nSPS) is 13.3. The molecule has 0 heterocycles. The monoisotopic (exact) mass is 160 g/mol. The van der Waals surface area contributed by atoms with E-state index in [0.717, 1.165) is 0 Å². The molecule has 0 radical (unpaired) electrons. The molecule has 0 aliphatic heterocycles.